The summed E-state index contributed by atoms with van der Waals surface area (Å²) in [5.41, 5.74) is 2.59. The normalized spacial score (nSPS) is 23.1. The van der Waals surface area contributed by atoms with Gasteiger partial charge in [0, 0.05) is 11.3 Å². The average Bonchev–Trinajstić information content (AvgIpc) is 3.44. The molecule has 0 aromatic heterocycles. The SMILES string of the molecule is COc1ccc(N2C(=O)C3C(C2=O)C(C(=O)c2ccc(OC)c(OC)c2)N2c4ccccc4C=CC32)cc1. The van der Waals surface area contributed by atoms with Gasteiger partial charge in [-0.25, -0.2) is 4.90 Å². The van der Waals surface area contributed by atoms with Crippen molar-refractivity contribution in [2.24, 2.45) is 11.8 Å². The van der Waals surface area contributed by atoms with Gasteiger partial charge in [0.2, 0.25) is 11.8 Å². The van der Waals surface area contributed by atoms with E-state index in [1.54, 1.807) is 49.6 Å². The predicted molar refractivity (Wildman–Crippen MR) is 142 cm³/mol. The summed E-state index contributed by atoms with van der Waals surface area (Å²) in [6.45, 7) is 0. The molecule has 2 amide bonds. The van der Waals surface area contributed by atoms with Crippen LogP contribution in [0.4, 0.5) is 11.4 Å². The van der Waals surface area contributed by atoms with Gasteiger partial charge >= 0.3 is 0 Å². The van der Waals surface area contributed by atoms with E-state index in [0.29, 0.717) is 28.5 Å². The Labute approximate surface area is 220 Å². The molecule has 0 spiro atoms. The first kappa shape index (κ1) is 23.8. The molecule has 38 heavy (non-hydrogen) atoms. The third kappa shape index (κ3) is 3.40. The highest BCUT2D eigenvalue weighted by Gasteiger charge is 2.64. The standard InChI is InChI=1S/C30H26N2O6/c1-36-20-12-10-19(11-13-20)31-29(34)25-22-14-8-17-6-4-5-7-21(17)32(22)27(26(25)30(31)35)28(33)18-9-15-23(37-2)24(16-18)38-3/h4-16,22,25-27H,1-3H3. The fraction of sp³-hybridized carbons (Fsp3) is 0.233. The van der Waals surface area contributed by atoms with Crippen LogP contribution in [0, 0.1) is 11.8 Å². The Kier molecular flexibility index (Phi) is 5.67. The molecular formula is C30H26N2O6. The molecular weight excluding hydrogens is 484 g/mol. The average molecular weight is 511 g/mol. The van der Waals surface area contributed by atoms with Crippen LogP contribution in [0.3, 0.4) is 0 Å². The zero-order chi connectivity index (χ0) is 26.6. The van der Waals surface area contributed by atoms with Crippen LogP contribution in [-0.2, 0) is 9.59 Å². The highest BCUT2D eigenvalue weighted by Crippen LogP contribution is 2.50. The van der Waals surface area contributed by atoms with Gasteiger partial charge in [0.1, 0.15) is 11.8 Å². The maximum atomic E-state index is 14.2. The molecule has 192 valence electrons. The van der Waals surface area contributed by atoms with Crippen LogP contribution in [0.1, 0.15) is 15.9 Å². The minimum atomic E-state index is -0.881. The number of benzene rings is 3. The summed E-state index contributed by atoms with van der Waals surface area (Å²) in [4.78, 5) is 45.3. The van der Waals surface area contributed by atoms with Crippen LogP contribution in [0.5, 0.6) is 17.2 Å². The van der Waals surface area contributed by atoms with E-state index in [0.717, 1.165) is 11.3 Å². The van der Waals surface area contributed by atoms with Crippen molar-refractivity contribution in [2.45, 2.75) is 12.1 Å². The van der Waals surface area contributed by atoms with E-state index >= 15 is 0 Å². The maximum Gasteiger partial charge on any atom is 0.240 e. The van der Waals surface area contributed by atoms with Crippen molar-refractivity contribution in [2.75, 3.05) is 31.1 Å². The van der Waals surface area contributed by atoms with E-state index in [1.165, 1.54) is 19.1 Å². The summed E-state index contributed by atoms with van der Waals surface area (Å²) >= 11 is 0. The van der Waals surface area contributed by atoms with E-state index in [4.69, 9.17) is 14.2 Å². The van der Waals surface area contributed by atoms with Crippen molar-refractivity contribution in [1.82, 2.24) is 0 Å². The summed E-state index contributed by atoms with van der Waals surface area (Å²) in [5, 5.41) is 0. The van der Waals surface area contributed by atoms with Gasteiger partial charge in [-0.15, -0.1) is 0 Å². The Morgan fingerprint density at radius 3 is 2.21 bits per heavy atom. The highest BCUT2D eigenvalue weighted by atomic mass is 16.5. The van der Waals surface area contributed by atoms with Gasteiger partial charge in [-0.1, -0.05) is 30.4 Å². The highest BCUT2D eigenvalue weighted by molar-refractivity contribution is 6.25. The van der Waals surface area contributed by atoms with Crippen LogP contribution in [-0.4, -0.2) is 51.0 Å². The number of ether oxygens (including phenoxy) is 3. The topological polar surface area (TPSA) is 85.4 Å². The van der Waals surface area contributed by atoms with Crippen molar-refractivity contribution in [1.29, 1.82) is 0 Å². The van der Waals surface area contributed by atoms with Crippen molar-refractivity contribution in [3.63, 3.8) is 0 Å². The van der Waals surface area contributed by atoms with Crippen LogP contribution in [0.25, 0.3) is 6.08 Å². The molecule has 8 nitrogen and oxygen atoms in total. The quantitative estimate of drug-likeness (QED) is 0.366. The first-order valence-electron chi connectivity index (χ1n) is 12.3. The van der Waals surface area contributed by atoms with Gasteiger partial charge in [-0.05, 0) is 54.1 Å². The van der Waals surface area contributed by atoms with Gasteiger partial charge < -0.3 is 19.1 Å². The molecule has 3 heterocycles. The van der Waals surface area contributed by atoms with Crippen LogP contribution >= 0.6 is 0 Å². The van der Waals surface area contributed by atoms with Gasteiger partial charge in [0.15, 0.2) is 17.3 Å². The molecule has 3 aliphatic rings. The second-order valence-electron chi connectivity index (χ2n) is 9.46. The summed E-state index contributed by atoms with van der Waals surface area (Å²) < 4.78 is 16.0. The molecule has 2 fully saturated rings. The largest absolute Gasteiger partial charge is 0.497 e. The molecule has 0 radical (unpaired) electrons. The zero-order valence-electron chi connectivity index (χ0n) is 21.2. The molecule has 3 aromatic rings. The van der Waals surface area contributed by atoms with Crippen LogP contribution in [0.15, 0.2) is 72.8 Å². The monoisotopic (exact) mass is 510 g/mol. The fourth-order valence-electron chi connectivity index (χ4n) is 5.96. The van der Waals surface area contributed by atoms with E-state index in [-0.39, 0.29) is 17.6 Å². The van der Waals surface area contributed by atoms with Gasteiger partial charge in [-0.3, -0.25) is 14.4 Å². The van der Waals surface area contributed by atoms with E-state index in [9.17, 15) is 14.4 Å². The maximum absolute atomic E-state index is 14.2. The first-order chi connectivity index (χ1) is 18.5. The lowest BCUT2D eigenvalue weighted by Crippen LogP contribution is -2.48. The molecule has 0 saturated carbocycles. The van der Waals surface area contributed by atoms with Gasteiger partial charge in [0.05, 0.1) is 44.9 Å². The summed E-state index contributed by atoms with van der Waals surface area (Å²) in [6, 6.07) is 18.1. The molecule has 6 rings (SSSR count). The molecule has 4 atom stereocenters. The number of hydrogen-bond donors (Lipinski definition) is 0. The van der Waals surface area contributed by atoms with Gasteiger partial charge in [0.25, 0.3) is 0 Å². The second-order valence-corrected chi connectivity index (χ2v) is 9.46. The number of imide groups is 1. The molecule has 0 bridgehead atoms. The number of anilines is 2. The van der Waals surface area contributed by atoms with E-state index < -0.39 is 23.9 Å². The van der Waals surface area contributed by atoms with Crippen molar-refractivity contribution < 1.29 is 28.6 Å². The zero-order valence-corrected chi connectivity index (χ0v) is 21.2. The molecule has 3 aliphatic heterocycles. The van der Waals surface area contributed by atoms with Gasteiger partial charge in [-0.2, -0.15) is 0 Å². The van der Waals surface area contributed by atoms with Crippen LogP contribution in [0.2, 0.25) is 0 Å². The van der Waals surface area contributed by atoms with E-state index in [2.05, 4.69) is 0 Å². The van der Waals surface area contributed by atoms with Crippen molar-refractivity contribution in [3.05, 3.63) is 83.9 Å². The number of para-hydroxylation sites is 1. The number of hydrogen-bond acceptors (Lipinski definition) is 7. The number of rotatable bonds is 6. The predicted octanol–water partition coefficient (Wildman–Crippen LogP) is 3.99. The summed E-state index contributed by atoms with van der Waals surface area (Å²) in [7, 11) is 4.59. The lowest BCUT2D eigenvalue weighted by molar-refractivity contribution is -0.122. The number of ketones is 1. The molecule has 3 aromatic carbocycles. The number of amides is 2. The number of nitrogens with zero attached hydrogens (tertiary/aromatic N) is 2. The molecule has 0 N–H and O–H groups in total. The minimum Gasteiger partial charge on any atom is -0.497 e. The smallest absolute Gasteiger partial charge is 0.240 e. The Balaban J connectivity index is 1.47. The van der Waals surface area contributed by atoms with E-state index in [1.807, 2.05) is 41.3 Å². The number of fused-ring (bicyclic) bond motifs is 5. The molecule has 8 heteroatoms. The van der Waals surface area contributed by atoms with Crippen molar-refractivity contribution >= 4 is 35.0 Å². The number of carbonyl (C=O) groups excluding carboxylic acids is 3. The lowest BCUT2D eigenvalue weighted by Gasteiger charge is -2.36. The fourth-order valence-corrected chi connectivity index (χ4v) is 5.96. The third-order valence-electron chi connectivity index (χ3n) is 7.68. The minimum absolute atomic E-state index is 0.258. The molecule has 4 unspecified atom stereocenters. The third-order valence-corrected chi connectivity index (χ3v) is 7.68. The summed E-state index contributed by atoms with van der Waals surface area (Å²) in [6.07, 6.45) is 3.90. The Hall–Kier alpha value is -4.59. The Morgan fingerprint density at radius 1 is 0.789 bits per heavy atom. The molecule has 2 saturated heterocycles. The lowest BCUT2D eigenvalue weighted by atomic mass is 9.86. The number of methoxy groups -OCH3 is 3. The summed E-state index contributed by atoms with van der Waals surface area (Å²) in [5.74, 6) is -0.989. The second kappa shape index (κ2) is 9.06. The Morgan fingerprint density at radius 2 is 1.50 bits per heavy atom. The number of carbonyl (C=O) groups is 3. The van der Waals surface area contributed by atoms with Crippen molar-refractivity contribution in [3.8, 4) is 17.2 Å². The van der Waals surface area contributed by atoms with Crippen LogP contribution < -0.4 is 24.0 Å². The Bertz CT molecular complexity index is 1480. The number of Topliss-reactive ketones (excluding diaryl/α,β-unsaturated/α-hetero) is 1. The molecule has 0 aliphatic carbocycles. The first-order valence-corrected chi connectivity index (χ1v) is 12.3.